The Balaban J connectivity index is 1.33. The van der Waals surface area contributed by atoms with Gasteiger partial charge < -0.3 is 19.5 Å². The van der Waals surface area contributed by atoms with Crippen LogP contribution in [0.4, 0.5) is 0 Å². The number of aryl methyl sites for hydroxylation is 1. The third-order valence-corrected chi connectivity index (χ3v) is 5.84. The van der Waals surface area contributed by atoms with E-state index in [1.807, 2.05) is 23.1 Å². The Labute approximate surface area is 142 Å². The molecule has 2 heterocycles. The highest BCUT2D eigenvalue weighted by molar-refractivity contribution is 5.76. The Hall–Kier alpha value is -1.75. The van der Waals surface area contributed by atoms with Gasteiger partial charge in [0.15, 0.2) is 11.5 Å². The SMILES string of the molecule is O=C(CCc1ccc2c(c1)OCO2)N1CC[C@]2(O)CCCC[C@@H]2C1. The van der Waals surface area contributed by atoms with Crippen molar-refractivity contribution in [2.45, 2.75) is 50.5 Å². The van der Waals surface area contributed by atoms with E-state index in [1.54, 1.807) is 0 Å². The molecule has 1 N–H and O–H groups in total. The summed E-state index contributed by atoms with van der Waals surface area (Å²) in [6.45, 7) is 1.68. The number of likely N-dealkylation sites (tertiary alicyclic amines) is 1. The molecule has 1 saturated heterocycles. The van der Waals surface area contributed by atoms with E-state index in [0.717, 1.165) is 49.3 Å². The molecule has 1 aromatic carbocycles. The van der Waals surface area contributed by atoms with Crippen LogP contribution in [0.25, 0.3) is 0 Å². The van der Waals surface area contributed by atoms with E-state index in [9.17, 15) is 9.90 Å². The summed E-state index contributed by atoms with van der Waals surface area (Å²) in [6.07, 6.45) is 6.18. The molecule has 0 radical (unpaired) electrons. The van der Waals surface area contributed by atoms with E-state index in [4.69, 9.17) is 9.47 Å². The number of hydrogen-bond acceptors (Lipinski definition) is 4. The Kier molecular flexibility index (Phi) is 4.12. The molecular weight excluding hydrogens is 306 g/mol. The predicted molar refractivity (Wildman–Crippen MR) is 89.0 cm³/mol. The molecular formula is C19H25NO4. The van der Waals surface area contributed by atoms with Crippen LogP contribution in [-0.2, 0) is 11.2 Å². The lowest BCUT2D eigenvalue weighted by Crippen LogP contribution is -2.54. The maximum atomic E-state index is 12.6. The molecule has 2 fully saturated rings. The van der Waals surface area contributed by atoms with E-state index >= 15 is 0 Å². The summed E-state index contributed by atoms with van der Waals surface area (Å²) in [5.41, 5.74) is 0.575. The fourth-order valence-electron chi connectivity index (χ4n) is 4.30. The topological polar surface area (TPSA) is 59.0 Å². The minimum atomic E-state index is -0.521. The first-order valence-electron chi connectivity index (χ1n) is 9.03. The van der Waals surface area contributed by atoms with E-state index in [0.29, 0.717) is 19.4 Å². The minimum absolute atomic E-state index is 0.195. The summed E-state index contributed by atoms with van der Waals surface area (Å²) in [5.74, 6) is 2.00. The molecule has 1 amide bonds. The zero-order chi connectivity index (χ0) is 16.6. The summed E-state index contributed by atoms with van der Waals surface area (Å²) in [6, 6.07) is 5.87. The molecule has 1 aliphatic carbocycles. The summed E-state index contributed by atoms with van der Waals surface area (Å²) in [5, 5.41) is 10.7. The molecule has 24 heavy (non-hydrogen) atoms. The average molecular weight is 331 g/mol. The molecule has 0 aromatic heterocycles. The Morgan fingerprint density at radius 2 is 2.12 bits per heavy atom. The summed E-state index contributed by atoms with van der Waals surface area (Å²) < 4.78 is 10.7. The molecule has 4 rings (SSSR count). The number of benzene rings is 1. The molecule has 0 spiro atoms. The lowest BCUT2D eigenvalue weighted by molar-refractivity contribution is -0.143. The molecule has 2 aliphatic heterocycles. The van der Waals surface area contributed by atoms with Gasteiger partial charge in [-0.25, -0.2) is 0 Å². The largest absolute Gasteiger partial charge is 0.454 e. The first-order chi connectivity index (χ1) is 11.6. The van der Waals surface area contributed by atoms with Crippen molar-refractivity contribution >= 4 is 5.91 Å². The van der Waals surface area contributed by atoms with Crippen molar-refractivity contribution in [3.63, 3.8) is 0 Å². The molecule has 2 atom stereocenters. The van der Waals surface area contributed by atoms with Crippen molar-refractivity contribution in [2.24, 2.45) is 5.92 Å². The van der Waals surface area contributed by atoms with Crippen molar-refractivity contribution < 1.29 is 19.4 Å². The molecule has 0 unspecified atom stereocenters. The van der Waals surface area contributed by atoms with Gasteiger partial charge in [0.2, 0.25) is 12.7 Å². The van der Waals surface area contributed by atoms with Crippen LogP contribution in [-0.4, -0.2) is 41.4 Å². The average Bonchev–Trinajstić information content (AvgIpc) is 3.06. The van der Waals surface area contributed by atoms with Crippen molar-refractivity contribution in [3.8, 4) is 11.5 Å². The van der Waals surface area contributed by atoms with E-state index < -0.39 is 5.60 Å². The normalized spacial score (nSPS) is 28.5. The van der Waals surface area contributed by atoms with Crippen molar-refractivity contribution in [2.75, 3.05) is 19.9 Å². The van der Waals surface area contributed by atoms with Crippen LogP contribution in [0.5, 0.6) is 11.5 Å². The molecule has 0 bridgehead atoms. The minimum Gasteiger partial charge on any atom is -0.454 e. The smallest absolute Gasteiger partial charge is 0.231 e. The molecule has 1 saturated carbocycles. The fraction of sp³-hybridized carbons (Fsp3) is 0.632. The van der Waals surface area contributed by atoms with E-state index in [2.05, 4.69) is 0 Å². The third-order valence-electron chi connectivity index (χ3n) is 5.84. The van der Waals surface area contributed by atoms with Crippen LogP contribution in [0, 0.1) is 5.92 Å². The van der Waals surface area contributed by atoms with Gasteiger partial charge in [-0.1, -0.05) is 18.9 Å². The number of piperidine rings is 1. The van der Waals surface area contributed by atoms with Gasteiger partial charge in [0.25, 0.3) is 0 Å². The van der Waals surface area contributed by atoms with Gasteiger partial charge in [0.05, 0.1) is 5.60 Å². The molecule has 130 valence electrons. The van der Waals surface area contributed by atoms with Crippen LogP contribution < -0.4 is 9.47 Å². The molecule has 5 heteroatoms. The van der Waals surface area contributed by atoms with Crippen LogP contribution in [0.2, 0.25) is 0 Å². The van der Waals surface area contributed by atoms with Crippen LogP contribution in [0.1, 0.15) is 44.1 Å². The Bertz CT molecular complexity index is 632. The third kappa shape index (κ3) is 2.97. The number of amides is 1. The van der Waals surface area contributed by atoms with Crippen molar-refractivity contribution in [3.05, 3.63) is 23.8 Å². The number of hydrogen-bond donors (Lipinski definition) is 1. The zero-order valence-corrected chi connectivity index (χ0v) is 14.0. The Morgan fingerprint density at radius 3 is 3.04 bits per heavy atom. The maximum absolute atomic E-state index is 12.6. The number of carbonyl (C=O) groups is 1. The molecule has 1 aromatic rings. The Morgan fingerprint density at radius 1 is 1.25 bits per heavy atom. The highest BCUT2D eigenvalue weighted by Gasteiger charge is 2.43. The first-order valence-corrected chi connectivity index (χ1v) is 9.03. The molecule has 3 aliphatic rings. The number of aliphatic hydroxyl groups is 1. The summed E-state index contributed by atoms with van der Waals surface area (Å²) in [7, 11) is 0. The van der Waals surface area contributed by atoms with E-state index in [1.165, 1.54) is 6.42 Å². The summed E-state index contributed by atoms with van der Waals surface area (Å²) >= 11 is 0. The maximum Gasteiger partial charge on any atom is 0.231 e. The van der Waals surface area contributed by atoms with Gasteiger partial charge >= 0.3 is 0 Å². The number of rotatable bonds is 3. The predicted octanol–water partition coefficient (Wildman–Crippen LogP) is 2.50. The van der Waals surface area contributed by atoms with Gasteiger partial charge in [-0.15, -0.1) is 0 Å². The van der Waals surface area contributed by atoms with Gasteiger partial charge in [0, 0.05) is 25.4 Å². The monoisotopic (exact) mass is 331 g/mol. The van der Waals surface area contributed by atoms with Crippen LogP contribution >= 0.6 is 0 Å². The van der Waals surface area contributed by atoms with Gasteiger partial charge in [-0.05, 0) is 43.4 Å². The highest BCUT2D eigenvalue weighted by Crippen LogP contribution is 2.40. The quantitative estimate of drug-likeness (QED) is 0.924. The number of ether oxygens (including phenoxy) is 2. The lowest BCUT2D eigenvalue weighted by atomic mass is 9.71. The number of nitrogens with zero attached hydrogens (tertiary/aromatic N) is 1. The van der Waals surface area contributed by atoms with Gasteiger partial charge in [0.1, 0.15) is 0 Å². The number of fused-ring (bicyclic) bond motifs is 2. The van der Waals surface area contributed by atoms with Crippen LogP contribution in [0.3, 0.4) is 0 Å². The van der Waals surface area contributed by atoms with Crippen LogP contribution in [0.15, 0.2) is 18.2 Å². The van der Waals surface area contributed by atoms with Gasteiger partial charge in [-0.2, -0.15) is 0 Å². The number of carbonyl (C=O) groups excluding carboxylic acids is 1. The van der Waals surface area contributed by atoms with Crippen molar-refractivity contribution in [1.82, 2.24) is 4.90 Å². The second-order valence-corrected chi connectivity index (χ2v) is 7.32. The lowest BCUT2D eigenvalue weighted by Gasteiger charge is -2.47. The molecule has 5 nitrogen and oxygen atoms in total. The first kappa shape index (κ1) is 15.8. The van der Waals surface area contributed by atoms with Gasteiger partial charge in [-0.3, -0.25) is 4.79 Å². The zero-order valence-electron chi connectivity index (χ0n) is 14.0. The summed E-state index contributed by atoms with van der Waals surface area (Å²) in [4.78, 5) is 14.5. The second kappa shape index (κ2) is 6.28. The fourth-order valence-corrected chi connectivity index (χ4v) is 4.30. The second-order valence-electron chi connectivity index (χ2n) is 7.32. The van der Waals surface area contributed by atoms with Crippen molar-refractivity contribution in [1.29, 1.82) is 0 Å². The highest BCUT2D eigenvalue weighted by atomic mass is 16.7. The van der Waals surface area contributed by atoms with E-state index in [-0.39, 0.29) is 18.6 Å². The standard InChI is InChI=1S/C19H25NO4/c21-18(7-5-14-4-6-16-17(11-14)24-13-23-16)20-10-9-19(22)8-2-1-3-15(19)12-20/h4,6,11,15,22H,1-3,5,7-10,12-13H2/t15-,19-/m1/s1.